The Labute approximate surface area is 114 Å². The highest BCUT2D eigenvalue weighted by atomic mass is 32.1. The van der Waals surface area contributed by atoms with Crippen molar-refractivity contribution in [2.75, 3.05) is 6.61 Å². The van der Waals surface area contributed by atoms with Gasteiger partial charge in [0, 0.05) is 12.8 Å². The topological polar surface area (TPSA) is 39.9 Å². The molecule has 1 fully saturated rings. The van der Waals surface area contributed by atoms with Crippen LogP contribution in [0.2, 0.25) is 0 Å². The number of imidazole rings is 1. The van der Waals surface area contributed by atoms with Crippen molar-refractivity contribution in [3.05, 3.63) is 35.8 Å². The molecule has 0 radical (unpaired) electrons. The summed E-state index contributed by atoms with van der Waals surface area (Å²) in [5, 5.41) is 2.07. The summed E-state index contributed by atoms with van der Waals surface area (Å²) < 4.78 is 7.98. The predicted molar refractivity (Wildman–Crippen MR) is 75.1 cm³/mol. The van der Waals surface area contributed by atoms with Gasteiger partial charge < -0.3 is 4.74 Å². The Bertz CT molecular complexity index is 699. The van der Waals surface area contributed by atoms with Crippen LogP contribution in [0.4, 0.5) is 0 Å². The number of pyridine rings is 1. The van der Waals surface area contributed by atoms with Crippen LogP contribution in [-0.2, 0) is 4.74 Å². The number of fused-ring (bicyclic) bond motifs is 1. The average Bonchev–Trinajstić information content (AvgIpc) is 3.17. The first-order valence-corrected chi connectivity index (χ1v) is 7.30. The molecule has 0 amide bonds. The number of hydrogen-bond acceptors (Lipinski definition) is 4. The van der Waals surface area contributed by atoms with Crippen LogP contribution in [0.3, 0.4) is 0 Å². The zero-order chi connectivity index (χ0) is 12.7. The van der Waals surface area contributed by atoms with Crippen LogP contribution in [0.15, 0.2) is 35.8 Å². The quantitative estimate of drug-likeness (QED) is 0.716. The molecule has 3 aromatic heterocycles. The predicted octanol–water partition coefficient (Wildman–Crippen LogP) is 3.47. The fourth-order valence-corrected chi connectivity index (χ4v) is 3.26. The monoisotopic (exact) mass is 271 g/mol. The minimum atomic E-state index is 0.0667. The lowest BCUT2D eigenvalue weighted by molar-refractivity contribution is 0.0606. The molecule has 4 heterocycles. The van der Waals surface area contributed by atoms with Crippen LogP contribution in [0.1, 0.15) is 19.1 Å². The minimum absolute atomic E-state index is 0.0667. The third-order valence-corrected chi connectivity index (χ3v) is 4.25. The van der Waals surface area contributed by atoms with Crippen molar-refractivity contribution in [1.29, 1.82) is 0 Å². The first kappa shape index (κ1) is 11.1. The van der Waals surface area contributed by atoms with E-state index in [9.17, 15) is 0 Å². The standard InChI is InChI=1S/C14H13N3OS/c1-4-10-13(15-7-1)17(12-6-2-8-18-12)14(16-10)11-5-3-9-19-11/h1,3-5,7,9,12H,2,6,8H2. The summed E-state index contributed by atoms with van der Waals surface area (Å²) in [6.45, 7) is 0.820. The first-order chi connectivity index (χ1) is 9.43. The van der Waals surface area contributed by atoms with Crippen molar-refractivity contribution < 1.29 is 4.74 Å². The van der Waals surface area contributed by atoms with Gasteiger partial charge in [-0.1, -0.05) is 6.07 Å². The summed E-state index contributed by atoms with van der Waals surface area (Å²) in [4.78, 5) is 10.4. The Morgan fingerprint density at radius 1 is 1.32 bits per heavy atom. The van der Waals surface area contributed by atoms with Crippen LogP contribution in [-0.4, -0.2) is 21.1 Å². The normalized spacial score (nSPS) is 19.3. The number of thiophene rings is 1. The van der Waals surface area contributed by atoms with Gasteiger partial charge in [-0.3, -0.25) is 4.57 Å². The Morgan fingerprint density at radius 3 is 3.11 bits per heavy atom. The highest BCUT2D eigenvalue weighted by molar-refractivity contribution is 7.13. The van der Waals surface area contributed by atoms with Crippen LogP contribution < -0.4 is 0 Å². The van der Waals surface area contributed by atoms with Gasteiger partial charge in [0.25, 0.3) is 0 Å². The summed E-state index contributed by atoms with van der Waals surface area (Å²) in [5.41, 5.74) is 1.85. The Balaban J connectivity index is 1.98. The number of nitrogens with zero attached hydrogens (tertiary/aromatic N) is 3. The largest absolute Gasteiger partial charge is 0.358 e. The molecule has 19 heavy (non-hydrogen) atoms. The van der Waals surface area contributed by atoms with Crippen molar-refractivity contribution in [3.8, 4) is 10.7 Å². The van der Waals surface area contributed by atoms with Crippen molar-refractivity contribution in [2.24, 2.45) is 0 Å². The summed E-state index contributed by atoms with van der Waals surface area (Å²) in [5.74, 6) is 0.968. The SMILES string of the molecule is c1csc(-c2nc3cccnc3n2C2CCCO2)c1. The fourth-order valence-electron chi connectivity index (χ4n) is 2.55. The van der Waals surface area contributed by atoms with E-state index < -0.39 is 0 Å². The van der Waals surface area contributed by atoms with Gasteiger partial charge in [0.2, 0.25) is 0 Å². The summed E-state index contributed by atoms with van der Waals surface area (Å²) in [7, 11) is 0. The van der Waals surface area contributed by atoms with Crippen LogP contribution in [0, 0.1) is 0 Å². The average molecular weight is 271 g/mol. The highest BCUT2D eigenvalue weighted by Gasteiger charge is 2.24. The van der Waals surface area contributed by atoms with E-state index in [-0.39, 0.29) is 6.23 Å². The molecule has 1 aliphatic heterocycles. The first-order valence-electron chi connectivity index (χ1n) is 6.42. The molecule has 5 heteroatoms. The minimum Gasteiger partial charge on any atom is -0.358 e. The Kier molecular flexibility index (Phi) is 2.60. The molecule has 96 valence electrons. The Hall–Kier alpha value is -1.72. The van der Waals surface area contributed by atoms with Gasteiger partial charge in [-0.25, -0.2) is 9.97 Å². The lowest BCUT2D eigenvalue weighted by atomic mass is 10.3. The van der Waals surface area contributed by atoms with E-state index >= 15 is 0 Å². The third-order valence-electron chi connectivity index (χ3n) is 3.38. The molecule has 0 aromatic carbocycles. The van der Waals surface area contributed by atoms with Crippen molar-refractivity contribution in [1.82, 2.24) is 14.5 Å². The smallest absolute Gasteiger partial charge is 0.162 e. The Morgan fingerprint density at radius 2 is 2.32 bits per heavy atom. The van der Waals surface area contributed by atoms with Crippen molar-refractivity contribution in [2.45, 2.75) is 19.1 Å². The van der Waals surface area contributed by atoms with E-state index in [0.29, 0.717) is 0 Å². The second-order valence-corrected chi connectivity index (χ2v) is 5.54. The molecule has 0 saturated carbocycles. The molecule has 1 atom stereocenters. The van der Waals surface area contributed by atoms with Gasteiger partial charge in [0.15, 0.2) is 11.5 Å². The molecule has 0 N–H and O–H groups in total. The fraction of sp³-hybridized carbons (Fsp3) is 0.286. The van der Waals surface area contributed by atoms with E-state index in [1.54, 1.807) is 11.3 Å². The molecule has 1 aliphatic rings. The van der Waals surface area contributed by atoms with E-state index in [4.69, 9.17) is 9.72 Å². The lowest BCUT2D eigenvalue weighted by Crippen LogP contribution is -2.09. The van der Waals surface area contributed by atoms with E-state index in [2.05, 4.69) is 21.0 Å². The van der Waals surface area contributed by atoms with Crippen molar-refractivity contribution >= 4 is 22.5 Å². The molecule has 3 aromatic rings. The molecule has 0 bridgehead atoms. The molecule has 0 aliphatic carbocycles. The molecule has 1 unspecified atom stereocenters. The van der Waals surface area contributed by atoms with E-state index in [0.717, 1.165) is 41.3 Å². The maximum absolute atomic E-state index is 5.83. The second-order valence-electron chi connectivity index (χ2n) is 4.60. The number of aromatic nitrogens is 3. The molecule has 1 saturated heterocycles. The molecule has 4 nitrogen and oxygen atoms in total. The van der Waals surface area contributed by atoms with E-state index in [1.165, 1.54) is 0 Å². The van der Waals surface area contributed by atoms with Gasteiger partial charge in [-0.15, -0.1) is 11.3 Å². The molecule has 0 spiro atoms. The van der Waals surface area contributed by atoms with Gasteiger partial charge in [0.05, 0.1) is 4.88 Å². The van der Waals surface area contributed by atoms with Crippen LogP contribution in [0.5, 0.6) is 0 Å². The lowest BCUT2D eigenvalue weighted by Gasteiger charge is -2.14. The van der Waals surface area contributed by atoms with Crippen LogP contribution in [0.25, 0.3) is 21.9 Å². The van der Waals surface area contributed by atoms with Crippen molar-refractivity contribution in [3.63, 3.8) is 0 Å². The highest BCUT2D eigenvalue weighted by Crippen LogP contribution is 2.34. The van der Waals surface area contributed by atoms with Gasteiger partial charge in [-0.05, 0) is 36.4 Å². The maximum atomic E-state index is 5.83. The zero-order valence-electron chi connectivity index (χ0n) is 10.3. The van der Waals surface area contributed by atoms with Gasteiger partial charge in [0.1, 0.15) is 11.7 Å². The molecule has 4 rings (SSSR count). The molecular weight excluding hydrogens is 258 g/mol. The number of hydrogen-bond donors (Lipinski definition) is 0. The zero-order valence-corrected chi connectivity index (χ0v) is 11.1. The number of rotatable bonds is 2. The summed E-state index contributed by atoms with van der Waals surface area (Å²) in [6.07, 6.45) is 4.01. The molecular formula is C14H13N3OS. The van der Waals surface area contributed by atoms with Gasteiger partial charge in [-0.2, -0.15) is 0 Å². The second kappa shape index (κ2) is 4.43. The van der Waals surface area contributed by atoms with E-state index in [1.807, 2.05) is 24.4 Å². The van der Waals surface area contributed by atoms with Crippen LogP contribution >= 0.6 is 11.3 Å². The third kappa shape index (κ3) is 1.77. The maximum Gasteiger partial charge on any atom is 0.162 e. The summed E-state index contributed by atoms with van der Waals surface area (Å²) >= 11 is 1.70. The summed E-state index contributed by atoms with van der Waals surface area (Å²) in [6, 6.07) is 8.07. The number of ether oxygens (including phenoxy) is 1. The van der Waals surface area contributed by atoms with Gasteiger partial charge >= 0.3 is 0 Å².